The van der Waals surface area contributed by atoms with Crippen LogP contribution in [0, 0.1) is 6.92 Å². The van der Waals surface area contributed by atoms with E-state index in [1.165, 1.54) is 11.1 Å². The van der Waals surface area contributed by atoms with E-state index in [1.807, 2.05) is 0 Å². The lowest BCUT2D eigenvalue weighted by atomic mass is 9.97. The van der Waals surface area contributed by atoms with Gasteiger partial charge in [-0.15, -0.1) is 0 Å². The van der Waals surface area contributed by atoms with E-state index in [0.29, 0.717) is 6.04 Å². The Morgan fingerprint density at radius 1 is 1.35 bits per heavy atom. The van der Waals surface area contributed by atoms with Gasteiger partial charge in [0, 0.05) is 24.7 Å². The van der Waals surface area contributed by atoms with Gasteiger partial charge in [-0.25, -0.2) is 0 Å². The Balaban J connectivity index is 2.15. The molecule has 3 nitrogen and oxygen atoms in total. The first-order valence-electron chi connectivity index (χ1n) is 7.66. The molecule has 0 amide bonds. The molecule has 1 atom stereocenters. The molecule has 0 aliphatic carbocycles. The molecule has 112 valence electrons. The van der Waals surface area contributed by atoms with Crippen LogP contribution in [0.2, 0.25) is 0 Å². The molecule has 1 N–H and O–H groups in total. The molecule has 1 aliphatic rings. The van der Waals surface area contributed by atoms with Crippen molar-refractivity contribution in [3.63, 3.8) is 0 Å². The lowest BCUT2D eigenvalue weighted by molar-refractivity contribution is -0.0545. The van der Waals surface area contributed by atoms with Crippen molar-refractivity contribution in [3.05, 3.63) is 35.4 Å². The van der Waals surface area contributed by atoms with E-state index in [1.54, 1.807) is 0 Å². The Hall–Kier alpha value is -0.900. The second kappa shape index (κ2) is 6.70. The van der Waals surface area contributed by atoms with E-state index < -0.39 is 0 Å². The number of likely N-dealkylation sites (N-methyl/N-ethyl adjacent to an activating group) is 1. The van der Waals surface area contributed by atoms with E-state index in [4.69, 9.17) is 4.74 Å². The Morgan fingerprint density at radius 2 is 2.10 bits per heavy atom. The van der Waals surface area contributed by atoms with Crippen LogP contribution in [-0.2, 0) is 4.74 Å². The van der Waals surface area contributed by atoms with Crippen molar-refractivity contribution in [2.75, 3.05) is 32.8 Å². The molecule has 0 spiro atoms. The molecule has 1 fully saturated rings. The standard InChI is InChI=1S/C17H28N2O/c1-5-18-16(15-9-7-6-8-14(15)2)12-19-10-11-20-13-17(19,3)4/h6-9,16,18H,5,10-13H2,1-4H3. The Labute approximate surface area is 123 Å². The molecule has 0 radical (unpaired) electrons. The van der Waals surface area contributed by atoms with Gasteiger partial charge in [-0.05, 0) is 38.4 Å². The largest absolute Gasteiger partial charge is 0.378 e. The zero-order valence-corrected chi connectivity index (χ0v) is 13.3. The van der Waals surface area contributed by atoms with Crippen molar-refractivity contribution in [3.8, 4) is 0 Å². The molecule has 20 heavy (non-hydrogen) atoms. The molecule has 1 saturated heterocycles. The molecule has 2 rings (SSSR count). The fourth-order valence-electron chi connectivity index (χ4n) is 2.95. The molecule has 1 unspecified atom stereocenters. The van der Waals surface area contributed by atoms with Crippen molar-refractivity contribution in [1.29, 1.82) is 0 Å². The summed E-state index contributed by atoms with van der Waals surface area (Å²) in [6, 6.07) is 9.08. The van der Waals surface area contributed by atoms with E-state index >= 15 is 0 Å². The molecule has 1 aliphatic heterocycles. The first-order valence-corrected chi connectivity index (χ1v) is 7.66. The molecule has 1 aromatic carbocycles. The van der Waals surface area contributed by atoms with Crippen molar-refractivity contribution in [2.24, 2.45) is 0 Å². The third-order valence-electron chi connectivity index (χ3n) is 4.23. The average molecular weight is 276 g/mol. The van der Waals surface area contributed by atoms with Crippen LogP contribution >= 0.6 is 0 Å². The summed E-state index contributed by atoms with van der Waals surface area (Å²) in [4.78, 5) is 2.55. The van der Waals surface area contributed by atoms with Gasteiger partial charge >= 0.3 is 0 Å². The molecule has 1 aromatic rings. The molecule has 0 saturated carbocycles. The highest BCUT2D eigenvalue weighted by Gasteiger charge is 2.32. The smallest absolute Gasteiger partial charge is 0.0645 e. The van der Waals surface area contributed by atoms with Crippen LogP contribution in [0.25, 0.3) is 0 Å². The van der Waals surface area contributed by atoms with Gasteiger partial charge in [0.1, 0.15) is 0 Å². The predicted octanol–water partition coefficient (Wildman–Crippen LogP) is 2.76. The number of hydrogen-bond donors (Lipinski definition) is 1. The van der Waals surface area contributed by atoms with Crippen LogP contribution in [0.4, 0.5) is 0 Å². The van der Waals surface area contributed by atoms with Gasteiger partial charge in [0.2, 0.25) is 0 Å². The van der Waals surface area contributed by atoms with Crippen LogP contribution in [0.1, 0.15) is 37.9 Å². The van der Waals surface area contributed by atoms with Crippen LogP contribution in [0.15, 0.2) is 24.3 Å². The lowest BCUT2D eigenvalue weighted by Crippen LogP contribution is -2.55. The summed E-state index contributed by atoms with van der Waals surface area (Å²) < 4.78 is 5.62. The Kier molecular flexibility index (Phi) is 5.19. The zero-order valence-electron chi connectivity index (χ0n) is 13.3. The number of aryl methyl sites for hydroxylation is 1. The van der Waals surface area contributed by atoms with E-state index in [0.717, 1.165) is 32.8 Å². The highest BCUT2D eigenvalue weighted by molar-refractivity contribution is 5.29. The first kappa shape index (κ1) is 15.5. The van der Waals surface area contributed by atoms with E-state index in [-0.39, 0.29) is 5.54 Å². The third-order valence-corrected chi connectivity index (χ3v) is 4.23. The number of hydrogen-bond acceptors (Lipinski definition) is 3. The van der Waals surface area contributed by atoms with E-state index in [9.17, 15) is 0 Å². The van der Waals surface area contributed by atoms with Gasteiger partial charge in [-0.3, -0.25) is 4.90 Å². The number of rotatable bonds is 5. The van der Waals surface area contributed by atoms with Gasteiger partial charge in [0.15, 0.2) is 0 Å². The quantitative estimate of drug-likeness (QED) is 0.895. The van der Waals surface area contributed by atoms with Crippen molar-refractivity contribution >= 4 is 0 Å². The maximum absolute atomic E-state index is 5.62. The summed E-state index contributed by atoms with van der Waals surface area (Å²) in [5.74, 6) is 0. The monoisotopic (exact) mass is 276 g/mol. The van der Waals surface area contributed by atoms with Crippen LogP contribution < -0.4 is 5.32 Å². The Bertz CT molecular complexity index is 431. The number of morpholine rings is 1. The SMILES string of the molecule is CCNC(CN1CCOCC1(C)C)c1ccccc1C. The number of benzene rings is 1. The van der Waals surface area contributed by atoms with Gasteiger partial charge < -0.3 is 10.1 Å². The molecule has 0 bridgehead atoms. The maximum atomic E-state index is 5.62. The summed E-state index contributed by atoms with van der Waals surface area (Å²) in [6.45, 7) is 13.6. The van der Waals surface area contributed by atoms with Gasteiger partial charge in [0.25, 0.3) is 0 Å². The highest BCUT2D eigenvalue weighted by atomic mass is 16.5. The minimum absolute atomic E-state index is 0.120. The van der Waals surface area contributed by atoms with Crippen LogP contribution in [0.5, 0.6) is 0 Å². The van der Waals surface area contributed by atoms with Crippen molar-refractivity contribution in [2.45, 2.75) is 39.3 Å². The summed E-state index contributed by atoms with van der Waals surface area (Å²) in [5.41, 5.74) is 2.90. The Morgan fingerprint density at radius 3 is 2.75 bits per heavy atom. The summed E-state index contributed by atoms with van der Waals surface area (Å²) in [6.07, 6.45) is 0. The summed E-state index contributed by atoms with van der Waals surface area (Å²) >= 11 is 0. The van der Waals surface area contributed by atoms with Crippen LogP contribution in [-0.4, -0.2) is 43.3 Å². The fraction of sp³-hybridized carbons (Fsp3) is 0.647. The average Bonchev–Trinajstić information content (AvgIpc) is 2.41. The maximum Gasteiger partial charge on any atom is 0.0645 e. The molecule has 1 heterocycles. The number of ether oxygens (including phenoxy) is 1. The van der Waals surface area contributed by atoms with Crippen molar-refractivity contribution in [1.82, 2.24) is 10.2 Å². The topological polar surface area (TPSA) is 24.5 Å². The van der Waals surface area contributed by atoms with Crippen LogP contribution in [0.3, 0.4) is 0 Å². The first-order chi connectivity index (χ1) is 9.54. The second-order valence-corrected chi connectivity index (χ2v) is 6.28. The molecular weight excluding hydrogens is 248 g/mol. The molecule has 0 aromatic heterocycles. The predicted molar refractivity (Wildman–Crippen MR) is 84.1 cm³/mol. The summed E-state index contributed by atoms with van der Waals surface area (Å²) in [5, 5.41) is 3.64. The number of nitrogens with one attached hydrogen (secondary N) is 1. The second-order valence-electron chi connectivity index (χ2n) is 6.28. The minimum Gasteiger partial charge on any atom is -0.378 e. The zero-order chi connectivity index (χ0) is 14.6. The fourth-order valence-corrected chi connectivity index (χ4v) is 2.95. The normalized spacial score (nSPS) is 20.8. The van der Waals surface area contributed by atoms with Gasteiger partial charge in [-0.2, -0.15) is 0 Å². The highest BCUT2D eigenvalue weighted by Crippen LogP contribution is 2.24. The molecule has 3 heteroatoms. The van der Waals surface area contributed by atoms with Crippen molar-refractivity contribution < 1.29 is 4.74 Å². The summed E-state index contributed by atoms with van der Waals surface area (Å²) in [7, 11) is 0. The third kappa shape index (κ3) is 3.60. The number of nitrogens with zero attached hydrogens (tertiary/aromatic N) is 1. The van der Waals surface area contributed by atoms with E-state index in [2.05, 4.69) is 62.2 Å². The molecular formula is C17H28N2O. The lowest BCUT2D eigenvalue weighted by Gasteiger charge is -2.44. The van der Waals surface area contributed by atoms with Gasteiger partial charge in [-0.1, -0.05) is 31.2 Å². The van der Waals surface area contributed by atoms with Gasteiger partial charge in [0.05, 0.1) is 13.2 Å². The minimum atomic E-state index is 0.120.